The van der Waals surface area contributed by atoms with E-state index in [2.05, 4.69) is 21.7 Å². The molecule has 1 saturated heterocycles. The van der Waals surface area contributed by atoms with Gasteiger partial charge in [-0.15, -0.1) is 0 Å². The van der Waals surface area contributed by atoms with Gasteiger partial charge in [-0.3, -0.25) is 4.79 Å². The maximum atomic E-state index is 12.5. The van der Waals surface area contributed by atoms with Crippen LogP contribution in [0.2, 0.25) is 0 Å². The number of benzene rings is 2. The predicted molar refractivity (Wildman–Crippen MR) is 109 cm³/mol. The molecule has 6 nitrogen and oxygen atoms in total. The van der Waals surface area contributed by atoms with E-state index in [1.807, 2.05) is 48.7 Å². The highest BCUT2D eigenvalue weighted by Crippen LogP contribution is 2.31. The van der Waals surface area contributed by atoms with E-state index in [-0.39, 0.29) is 17.9 Å². The van der Waals surface area contributed by atoms with Gasteiger partial charge in [0.2, 0.25) is 5.91 Å². The number of nitrogens with one attached hydrogen (secondary N) is 3. The summed E-state index contributed by atoms with van der Waals surface area (Å²) in [6.45, 7) is 0.934. The number of β-amino-alcohol motifs (C(OH)–C–C–N with tert-alkyl or cyclic N) is 1. The van der Waals surface area contributed by atoms with Crippen LogP contribution in [0, 0.1) is 0 Å². The molecular weight excluding hydrogens is 354 g/mol. The van der Waals surface area contributed by atoms with Crippen molar-refractivity contribution in [3.05, 3.63) is 65.9 Å². The number of carbonyl (C=O) groups excluding carboxylic acids is 1. The van der Waals surface area contributed by atoms with E-state index in [1.54, 1.807) is 7.11 Å². The van der Waals surface area contributed by atoms with Crippen molar-refractivity contribution in [3.8, 4) is 5.75 Å². The summed E-state index contributed by atoms with van der Waals surface area (Å²) >= 11 is 0. The molecule has 0 aliphatic carbocycles. The molecule has 0 unspecified atom stereocenters. The molecule has 2 aromatic carbocycles. The van der Waals surface area contributed by atoms with Crippen LogP contribution in [0.4, 0.5) is 0 Å². The maximum absolute atomic E-state index is 12.5. The van der Waals surface area contributed by atoms with Crippen LogP contribution in [0.15, 0.2) is 54.7 Å². The molecule has 1 aliphatic rings. The monoisotopic (exact) mass is 379 g/mol. The Kier molecular flexibility index (Phi) is 5.32. The third-order valence-electron chi connectivity index (χ3n) is 5.42. The Morgan fingerprint density at radius 3 is 2.75 bits per heavy atom. The second-order valence-electron chi connectivity index (χ2n) is 7.21. The summed E-state index contributed by atoms with van der Waals surface area (Å²) in [5.74, 6) is 0.724. The maximum Gasteiger partial charge on any atom is 0.237 e. The van der Waals surface area contributed by atoms with Crippen molar-refractivity contribution >= 4 is 16.8 Å². The topological polar surface area (TPSA) is 86.4 Å². The number of aromatic amines is 1. The van der Waals surface area contributed by atoms with Crippen LogP contribution in [0.5, 0.6) is 5.75 Å². The van der Waals surface area contributed by atoms with Crippen molar-refractivity contribution in [2.24, 2.45) is 0 Å². The summed E-state index contributed by atoms with van der Waals surface area (Å²) in [4.78, 5) is 15.9. The fourth-order valence-corrected chi connectivity index (χ4v) is 3.87. The number of aliphatic hydroxyl groups is 1. The molecule has 3 atom stereocenters. The van der Waals surface area contributed by atoms with Gasteiger partial charge in [-0.2, -0.15) is 0 Å². The van der Waals surface area contributed by atoms with Gasteiger partial charge >= 0.3 is 0 Å². The van der Waals surface area contributed by atoms with E-state index >= 15 is 0 Å². The van der Waals surface area contributed by atoms with Crippen molar-refractivity contribution in [1.82, 2.24) is 15.6 Å². The number of aromatic nitrogens is 1. The molecule has 4 N–H and O–H groups in total. The molecule has 2 heterocycles. The minimum atomic E-state index is -0.457. The molecular formula is C22H25N3O3. The first kappa shape index (κ1) is 18.5. The summed E-state index contributed by atoms with van der Waals surface area (Å²) < 4.78 is 5.28. The van der Waals surface area contributed by atoms with Gasteiger partial charge in [0.15, 0.2) is 0 Å². The summed E-state index contributed by atoms with van der Waals surface area (Å²) in [6, 6.07) is 15.8. The van der Waals surface area contributed by atoms with Crippen LogP contribution in [-0.2, 0) is 4.79 Å². The Bertz CT molecular complexity index is 951. The SMILES string of the molecule is COc1ccc([C@H](CNC(=O)[C@H]2C[C@@H](O)CN2)c2c[nH]c3ccccc23)cc1. The third-order valence-corrected chi connectivity index (χ3v) is 5.42. The van der Waals surface area contributed by atoms with E-state index < -0.39 is 6.10 Å². The van der Waals surface area contributed by atoms with Crippen molar-refractivity contribution in [1.29, 1.82) is 0 Å². The Labute approximate surface area is 163 Å². The number of amides is 1. The van der Waals surface area contributed by atoms with E-state index in [1.165, 1.54) is 0 Å². The van der Waals surface area contributed by atoms with Crippen molar-refractivity contribution in [2.75, 3.05) is 20.2 Å². The highest BCUT2D eigenvalue weighted by molar-refractivity contribution is 5.85. The van der Waals surface area contributed by atoms with Gasteiger partial charge < -0.3 is 25.5 Å². The van der Waals surface area contributed by atoms with E-state index in [0.717, 1.165) is 27.8 Å². The van der Waals surface area contributed by atoms with Crippen LogP contribution >= 0.6 is 0 Å². The summed E-state index contributed by atoms with van der Waals surface area (Å²) in [7, 11) is 1.65. The average Bonchev–Trinajstić information content (AvgIpc) is 3.35. The van der Waals surface area contributed by atoms with Gasteiger partial charge in [0.25, 0.3) is 0 Å². The van der Waals surface area contributed by atoms with Crippen LogP contribution < -0.4 is 15.4 Å². The fourth-order valence-electron chi connectivity index (χ4n) is 3.87. The van der Waals surface area contributed by atoms with E-state index in [4.69, 9.17) is 4.74 Å². The molecule has 1 aromatic heterocycles. The molecule has 0 spiro atoms. The third kappa shape index (κ3) is 3.74. The zero-order valence-electron chi connectivity index (χ0n) is 15.8. The molecule has 4 rings (SSSR count). The molecule has 146 valence electrons. The van der Waals surface area contributed by atoms with Crippen LogP contribution in [0.3, 0.4) is 0 Å². The number of ether oxygens (including phenoxy) is 1. The summed E-state index contributed by atoms with van der Waals surface area (Å²) in [6.07, 6.45) is 2.01. The van der Waals surface area contributed by atoms with Crippen molar-refractivity contribution < 1.29 is 14.6 Å². The molecule has 0 bridgehead atoms. The fraction of sp³-hybridized carbons (Fsp3) is 0.318. The second-order valence-corrected chi connectivity index (χ2v) is 7.21. The average molecular weight is 379 g/mol. The molecule has 1 aliphatic heterocycles. The number of H-pyrrole nitrogens is 1. The number of fused-ring (bicyclic) bond motifs is 1. The standard InChI is InChI=1S/C22H25N3O3/c1-28-16-8-6-14(7-9-16)18(12-25-22(27)21-10-15(26)11-23-21)19-13-24-20-5-3-2-4-17(19)20/h2-9,13,15,18,21,23-24,26H,10-12H2,1H3,(H,25,27)/t15-,18+,21-/m1/s1. The highest BCUT2D eigenvalue weighted by Gasteiger charge is 2.28. The largest absolute Gasteiger partial charge is 0.497 e. The van der Waals surface area contributed by atoms with Gasteiger partial charge in [0.05, 0.1) is 19.3 Å². The molecule has 28 heavy (non-hydrogen) atoms. The number of methoxy groups -OCH3 is 1. The van der Waals surface area contributed by atoms with Crippen molar-refractivity contribution in [2.45, 2.75) is 24.5 Å². The molecule has 0 radical (unpaired) electrons. The second kappa shape index (κ2) is 8.04. The molecule has 3 aromatic rings. The predicted octanol–water partition coefficient (Wildman–Crippen LogP) is 2.15. The minimum absolute atomic E-state index is 0.00247. The number of carbonyl (C=O) groups is 1. The minimum Gasteiger partial charge on any atom is -0.497 e. The van der Waals surface area contributed by atoms with Gasteiger partial charge in [0.1, 0.15) is 5.75 Å². The molecule has 0 saturated carbocycles. The lowest BCUT2D eigenvalue weighted by atomic mass is 9.90. The first-order valence-corrected chi connectivity index (χ1v) is 9.55. The smallest absolute Gasteiger partial charge is 0.237 e. The number of aliphatic hydroxyl groups excluding tert-OH is 1. The quantitative estimate of drug-likeness (QED) is 0.529. The van der Waals surface area contributed by atoms with Gasteiger partial charge in [0, 0.05) is 36.1 Å². The molecule has 6 heteroatoms. The Morgan fingerprint density at radius 2 is 2.04 bits per heavy atom. The Hall–Kier alpha value is -2.83. The van der Waals surface area contributed by atoms with E-state index in [0.29, 0.717) is 19.5 Å². The normalized spacial score (nSPS) is 20.2. The Balaban J connectivity index is 1.60. The van der Waals surface area contributed by atoms with Gasteiger partial charge in [-0.05, 0) is 35.7 Å². The summed E-state index contributed by atoms with van der Waals surface area (Å²) in [5.41, 5.74) is 3.31. The zero-order chi connectivity index (χ0) is 19.5. The van der Waals surface area contributed by atoms with Crippen molar-refractivity contribution in [3.63, 3.8) is 0 Å². The van der Waals surface area contributed by atoms with Crippen LogP contribution in [-0.4, -0.2) is 48.3 Å². The van der Waals surface area contributed by atoms with Crippen LogP contribution in [0.25, 0.3) is 10.9 Å². The lowest BCUT2D eigenvalue weighted by Gasteiger charge is -2.20. The lowest BCUT2D eigenvalue weighted by Crippen LogP contribution is -2.42. The molecule has 1 fully saturated rings. The zero-order valence-corrected chi connectivity index (χ0v) is 15.8. The first-order chi connectivity index (χ1) is 13.7. The van der Waals surface area contributed by atoms with Crippen LogP contribution in [0.1, 0.15) is 23.5 Å². The summed E-state index contributed by atoms with van der Waals surface area (Å²) in [5, 5.41) is 16.9. The Morgan fingerprint density at radius 1 is 1.25 bits per heavy atom. The highest BCUT2D eigenvalue weighted by atomic mass is 16.5. The lowest BCUT2D eigenvalue weighted by molar-refractivity contribution is -0.122. The number of hydrogen-bond donors (Lipinski definition) is 4. The molecule has 1 amide bonds. The number of para-hydroxylation sites is 1. The van der Waals surface area contributed by atoms with Gasteiger partial charge in [-0.1, -0.05) is 30.3 Å². The number of hydrogen-bond acceptors (Lipinski definition) is 4. The first-order valence-electron chi connectivity index (χ1n) is 9.55. The van der Waals surface area contributed by atoms with E-state index in [9.17, 15) is 9.90 Å². The van der Waals surface area contributed by atoms with Gasteiger partial charge in [-0.25, -0.2) is 0 Å². The number of rotatable bonds is 6.